The molecule has 96 heavy (non-hydrogen) atoms. The summed E-state index contributed by atoms with van der Waals surface area (Å²) in [5.74, 6) is -5.66. The first-order valence-corrected chi connectivity index (χ1v) is 38.1. The highest BCUT2D eigenvalue weighted by Crippen LogP contribution is 2.37. The monoisotopic (exact) mass is 1460 g/mol. The molecule has 0 saturated carbocycles. The summed E-state index contributed by atoms with van der Waals surface area (Å²) in [5, 5.41) is 40.5. The molecule has 0 aliphatic heterocycles. The molecule has 8 aromatic carbocycles. The fourth-order valence-electron chi connectivity index (χ4n) is 10.2. The molecule has 0 amide bonds. The van der Waals surface area contributed by atoms with E-state index in [1.165, 1.54) is 72.8 Å². The number of benzene rings is 8. The van der Waals surface area contributed by atoms with Crippen LogP contribution in [0.1, 0.15) is 127 Å². The molecule has 0 unspecified atom stereocenters. The summed E-state index contributed by atoms with van der Waals surface area (Å²) in [4.78, 5) is 97.5. The van der Waals surface area contributed by atoms with E-state index >= 15 is 0 Å². The first-order valence-electron chi connectivity index (χ1n) is 25.7. The fraction of sp³-hybridized carbons (Fsp3) is 0. The zero-order chi connectivity index (χ0) is 71.4. The van der Waals surface area contributed by atoms with Gasteiger partial charge in [-0.2, -0.15) is 0 Å². The molecule has 4 aliphatic carbocycles. The van der Waals surface area contributed by atoms with E-state index in [0.29, 0.717) is 0 Å². The Labute approximate surface area is 543 Å². The molecule has 496 valence electrons. The number of fused-ring (bicyclic) bond motifs is 8. The van der Waals surface area contributed by atoms with Crippen LogP contribution in [0.15, 0.2) is 185 Å². The van der Waals surface area contributed by atoms with Crippen LogP contribution in [0.25, 0.3) is 0 Å². The smallest absolute Gasteiger partial charge is 0.238 e. The van der Waals surface area contributed by atoms with Gasteiger partial charge in [0.25, 0.3) is 0 Å². The van der Waals surface area contributed by atoms with Gasteiger partial charge in [-0.05, 0) is 97.1 Å². The molecule has 0 saturated heterocycles. The van der Waals surface area contributed by atoms with Crippen LogP contribution in [0, 0.1) is 0 Å². The lowest BCUT2D eigenvalue weighted by Crippen LogP contribution is -2.28. The Morgan fingerprint density at radius 2 is 0.354 bits per heavy atom. The maximum atomic E-state index is 12.8. The Morgan fingerprint density at radius 3 is 0.562 bits per heavy atom. The van der Waals surface area contributed by atoms with Crippen molar-refractivity contribution >= 4 is 126 Å². The molecule has 0 spiro atoms. The van der Waals surface area contributed by atoms with Gasteiger partial charge < -0.3 is 0 Å². The molecule has 4 aliphatic rings. The van der Waals surface area contributed by atoms with Crippen molar-refractivity contribution < 1.29 is 106 Å². The van der Waals surface area contributed by atoms with Gasteiger partial charge in [-0.1, -0.05) is 48.5 Å². The highest BCUT2D eigenvalue weighted by molar-refractivity contribution is 7.91. The van der Waals surface area contributed by atoms with Crippen molar-refractivity contribution in [2.24, 2.45) is 41.1 Å². The van der Waals surface area contributed by atoms with Gasteiger partial charge in [-0.3, -0.25) is 38.4 Å². The topological polar surface area (TPSA) is 618 Å². The summed E-state index contributed by atoms with van der Waals surface area (Å²) in [6.07, 6.45) is 0. The molecule has 0 bridgehead atoms. The van der Waals surface area contributed by atoms with Gasteiger partial charge in [0.05, 0.1) is 61.4 Å². The molecule has 40 heteroatoms. The number of carbonyl (C=O) groups excluding carboxylic acids is 8. The van der Waals surface area contributed by atoms with Gasteiger partial charge in [0.15, 0.2) is 46.3 Å². The molecule has 0 radical (unpaired) electrons. The quantitative estimate of drug-likeness (QED) is 0.0907. The summed E-state index contributed by atoms with van der Waals surface area (Å²) in [6, 6.07) is 27.7. The molecule has 0 fully saturated rings. The third-order valence-corrected chi connectivity index (χ3v) is 21.9. The minimum Gasteiger partial charge on any atom is -0.289 e. The molecule has 16 N–H and O–H groups in total. The fourth-order valence-corrected chi connectivity index (χ4v) is 15.4. The van der Waals surface area contributed by atoms with Crippen LogP contribution >= 0.6 is 0 Å². The summed E-state index contributed by atoms with van der Waals surface area (Å²) in [7, 11) is -33.3. The van der Waals surface area contributed by atoms with E-state index in [9.17, 15) is 106 Å². The Kier molecular flexibility index (Phi) is 17.9. The van der Waals surface area contributed by atoms with Crippen LogP contribution in [0.4, 0.5) is 0 Å². The zero-order valence-electron chi connectivity index (χ0n) is 47.5. The Balaban J connectivity index is 0.000000150. The summed E-state index contributed by atoms with van der Waals surface area (Å²) >= 11 is 0. The Hall–Kier alpha value is -9.60. The van der Waals surface area contributed by atoms with E-state index in [4.69, 9.17) is 41.1 Å². The van der Waals surface area contributed by atoms with Crippen LogP contribution in [-0.4, -0.2) is 114 Å². The van der Waals surface area contributed by atoms with Crippen molar-refractivity contribution in [2.75, 3.05) is 0 Å². The summed E-state index contributed by atoms with van der Waals surface area (Å²) < 4.78 is 185. The minimum atomic E-state index is -4.31. The highest BCUT2D eigenvalue weighted by Gasteiger charge is 2.40. The van der Waals surface area contributed by atoms with Crippen molar-refractivity contribution in [1.29, 1.82) is 0 Å². The van der Waals surface area contributed by atoms with E-state index in [1.54, 1.807) is 0 Å². The first kappa shape index (κ1) is 70.7. The van der Waals surface area contributed by atoms with Gasteiger partial charge in [0.2, 0.25) is 80.2 Å². The number of carbonyl (C=O) groups is 8. The lowest BCUT2D eigenvalue weighted by Gasteiger charge is -2.21. The first-order chi connectivity index (χ1) is 44.1. The van der Waals surface area contributed by atoms with Gasteiger partial charge >= 0.3 is 0 Å². The third-order valence-electron chi connectivity index (χ3n) is 14.5. The minimum absolute atomic E-state index is 0.0169. The average molecular weight is 1470 g/mol. The SMILES string of the molecule is NS(=O)(=O)c1ccc2c(c1)C(=O)c1cc(S(N)(=O)=O)ccc1C2=O.NS(=O)(=O)c1ccc2c(c1)C(=O)c1ccc(S(N)(=O)=O)cc1C2=O.NS(=O)(=O)c1cccc2c1C(=O)c1c(cccc1S(N)(=O)=O)C2=O.NS(=O)(=O)c1cccc2c1C(=O)c1cccc(S(N)(=O)=O)c1C2=O. The van der Waals surface area contributed by atoms with Crippen LogP contribution in [-0.2, 0) is 80.2 Å². The molecular weight excluding hydrogens is 1430 g/mol. The number of ketones is 8. The zero-order valence-corrected chi connectivity index (χ0v) is 54.1. The molecular formula is C56H40N8O24S8. The number of primary sulfonamides is 8. The van der Waals surface area contributed by atoms with E-state index in [0.717, 1.165) is 72.8 Å². The van der Waals surface area contributed by atoms with Crippen LogP contribution in [0.2, 0.25) is 0 Å². The molecule has 12 rings (SSSR count). The van der Waals surface area contributed by atoms with Crippen molar-refractivity contribution in [3.63, 3.8) is 0 Å². The summed E-state index contributed by atoms with van der Waals surface area (Å²) in [6.45, 7) is 0. The number of rotatable bonds is 8. The third kappa shape index (κ3) is 13.3. The number of nitrogens with two attached hydrogens (primary N) is 8. The van der Waals surface area contributed by atoms with E-state index in [1.807, 2.05) is 0 Å². The second kappa shape index (κ2) is 24.2. The normalized spacial score (nSPS) is 14.2. The molecule has 0 heterocycles. The molecule has 32 nitrogen and oxygen atoms in total. The lowest BCUT2D eigenvalue weighted by atomic mass is 9.84. The van der Waals surface area contributed by atoms with Crippen LogP contribution in [0.3, 0.4) is 0 Å². The number of hydrogen-bond acceptors (Lipinski definition) is 24. The highest BCUT2D eigenvalue weighted by atomic mass is 32.2. The van der Waals surface area contributed by atoms with Crippen molar-refractivity contribution in [3.05, 3.63) is 235 Å². The Morgan fingerprint density at radius 1 is 0.177 bits per heavy atom. The molecule has 8 aromatic rings. The molecule has 0 aromatic heterocycles. The number of sulfonamides is 8. The molecule has 0 atom stereocenters. The lowest BCUT2D eigenvalue weighted by molar-refractivity contribution is 0.0974. The van der Waals surface area contributed by atoms with E-state index < -0.39 is 157 Å². The average Bonchev–Trinajstić information content (AvgIpc) is 0.740. The second-order valence-electron chi connectivity index (χ2n) is 20.5. The summed E-state index contributed by atoms with van der Waals surface area (Å²) in [5.41, 5.74) is -3.03. The largest absolute Gasteiger partial charge is 0.289 e. The van der Waals surface area contributed by atoms with Crippen molar-refractivity contribution in [1.82, 2.24) is 0 Å². The number of hydrogen-bond donors (Lipinski definition) is 8. The van der Waals surface area contributed by atoms with E-state index in [-0.39, 0.29) is 97.5 Å². The van der Waals surface area contributed by atoms with Gasteiger partial charge in [0, 0.05) is 66.8 Å². The van der Waals surface area contributed by atoms with Crippen LogP contribution < -0.4 is 41.1 Å². The maximum absolute atomic E-state index is 12.8. The van der Waals surface area contributed by atoms with Gasteiger partial charge in [-0.15, -0.1) is 0 Å². The van der Waals surface area contributed by atoms with Gasteiger partial charge in [-0.25, -0.2) is 108 Å². The van der Waals surface area contributed by atoms with Crippen LogP contribution in [0.5, 0.6) is 0 Å². The maximum Gasteiger partial charge on any atom is 0.238 e. The standard InChI is InChI=1S/4C14H10N2O6S2/c15-23(19,20)7-1-3-9-11(5-7)14(18)10-4-2-8(24(16,21)22)6-12(10)13(9)17;15-23(19,20)7-1-3-9-11(5-7)14(18)12-6-8(24(16,21)22)2-4-10(12)13(9)17;15-23(19,20)9-5-1-3-7-11(9)14(18)8-4-2-6-10(24(16,21)22)12(8)13(7)17;15-23(19,20)9-5-1-3-7-11(9)14(18)12-8(13(7)17)4-2-6-10(12)24(16,21)22/h4*1-6H,(H2,15,19,20)(H2,16,21,22). The van der Waals surface area contributed by atoms with Crippen molar-refractivity contribution in [3.8, 4) is 0 Å². The Bertz CT molecular complexity index is 5630. The van der Waals surface area contributed by atoms with E-state index in [2.05, 4.69) is 0 Å². The van der Waals surface area contributed by atoms with Crippen molar-refractivity contribution in [2.45, 2.75) is 39.2 Å². The van der Waals surface area contributed by atoms with Gasteiger partial charge in [0.1, 0.15) is 0 Å². The second-order valence-corrected chi connectivity index (χ2v) is 32.9. The predicted molar refractivity (Wildman–Crippen MR) is 330 cm³/mol. The predicted octanol–water partition coefficient (Wildman–Crippen LogP) is -0.973.